The van der Waals surface area contributed by atoms with Gasteiger partial charge in [0.1, 0.15) is 0 Å². The van der Waals surface area contributed by atoms with E-state index in [-0.39, 0.29) is 6.10 Å². The zero-order valence-electron chi connectivity index (χ0n) is 9.70. The standard InChI is InChI=1S/C12H18ClNO2/c1-14-9-12(16-8-7-15-2)10-5-3-4-6-11(10)13/h3-6,12,14H,7-9H2,1-2H3. The van der Waals surface area contributed by atoms with Gasteiger partial charge in [0.2, 0.25) is 0 Å². The Morgan fingerprint density at radius 1 is 1.31 bits per heavy atom. The summed E-state index contributed by atoms with van der Waals surface area (Å²) < 4.78 is 10.7. The highest BCUT2D eigenvalue weighted by Crippen LogP contribution is 2.24. The minimum atomic E-state index is -0.0335. The van der Waals surface area contributed by atoms with Crippen molar-refractivity contribution in [2.45, 2.75) is 6.10 Å². The number of hydrogen-bond acceptors (Lipinski definition) is 3. The number of ether oxygens (including phenoxy) is 2. The molecule has 0 saturated carbocycles. The molecule has 1 unspecified atom stereocenters. The zero-order chi connectivity index (χ0) is 11.8. The Bertz CT molecular complexity index is 307. The van der Waals surface area contributed by atoms with Crippen molar-refractivity contribution in [2.24, 2.45) is 0 Å². The van der Waals surface area contributed by atoms with Gasteiger partial charge in [-0.2, -0.15) is 0 Å². The number of nitrogens with one attached hydrogen (secondary N) is 1. The van der Waals surface area contributed by atoms with E-state index in [9.17, 15) is 0 Å². The summed E-state index contributed by atoms with van der Waals surface area (Å²) in [7, 11) is 3.55. The highest BCUT2D eigenvalue weighted by atomic mass is 35.5. The molecule has 0 aromatic heterocycles. The SMILES string of the molecule is CNCC(OCCOC)c1ccccc1Cl. The maximum Gasteiger partial charge on any atom is 0.0964 e. The van der Waals surface area contributed by atoms with Gasteiger partial charge in [0.15, 0.2) is 0 Å². The predicted molar refractivity (Wildman–Crippen MR) is 65.9 cm³/mol. The lowest BCUT2D eigenvalue weighted by Gasteiger charge is -2.19. The van der Waals surface area contributed by atoms with Crippen molar-refractivity contribution >= 4 is 11.6 Å². The van der Waals surface area contributed by atoms with Crippen molar-refractivity contribution in [3.8, 4) is 0 Å². The Labute approximate surface area is 102 Å². The van der Waals surface area contributed by atoms with Crippen LogP contribution in [0.5, 0.6) is 0 Å². The van der Waals surface area contributed by atoms with Crippen LogP contribution in [-0.4, -0.2) is 33.9 Å². The van der Waals surface area contributed by atoms with Gasteiger partial charge < -0.3 is 14.8 Å². The van der Waals surface area contributed by atoms with Gasteiger partial charge >= 0.3 is 0 Å². The molecule has 0 radical (unpaired) electrons. The van der Waals surface area contributed by atoms with Gasteiger partial charge in [0.05, 0.1) is 19.3 Å². The second-order valence-corrected chi connectivity index (χ2v) is 3.84. The maximum atomic E-state index is 6.13. The molecule has 1 atom stereocenters. The van der Waals surface area contributed by atoms with Crippen LogP contribution in [0.1, 0.15) is 11.7 Å². The average Bonchev–Trinajstić information content (AvgIpc) is 2.29. The highest BCUT2D eigenvalue weighted by Gasteiger charge is 2.13. The fourth-order valence-corrected chi connectivity index (χ4v) is 1.71. The lowest BCUT2D eigenvalue weighted by molar-refractivity contribution is 0.0175. The fraction of sp³-hybridized carbons (Fsp3) is 0.500. The van der Waals surface area contributed by atoms with Crippen LogP contribution in [0, 0.1) is 0 Å². The third-order valence-corrected chi connectivity index (χ3v) is 2.59. The molecule has 90 valence electrons. The molecule has 0 bridgehead atoms. The van der Waals surface area contributed by atoms with Crippen LogP contribution in [-0.2, 0) is 9.47 Å². The first kappa shape index (κ1) is 13.5. The van der Waals surface area contributed by atoms with Crippen LogP contribution in [0.4, 0.5) is 0 Å². The molecule has 16 heavy (non-hydrogen) atoms. The number of likely N-dealkylation sites (N-methyl/N-ethyl adjacent to an activating group) is 1. The molecule has 0 aliphatic carbocycles. The van der Waals surface area contributed by atoms with E-state index in [1.165, 1.54) is 0 Å². The second kappa shape index (κ2) is 7.63. The van der Waals surface area contributed by atoms with Crippen molar-refractivity contribution in [1.82, 2.24) is 5.32 Å². The van der Waals surface area contributed by atoms with Crippen LogP contribution in [0.15, 0.2) is 24.3 Å². The van der Waals surface area contributed by atoms with Gasteiger partial charge in [-0.15, -0.1) is 0 Å². The smallest absolute Gasteiger partial charge is 0.0964 e. The third-order valence-electron chi connectivity index (χ3n) is 2.25. The van der Waals surface area contributed by atoms with Gasteiger partial charge in [0.25, 0.3) is 0 Å². The molecule has 0 spiro atoms. The summed E-state index contributed by atoms with van der Waals surface area (Å²) in [5, 5.41) is 3.83. The first-order valence-corrected chi connectivity index (χ1v) is 5.67. The van der Waals surface area contributed by atoms with Crippen LogP contribution in [0.2, 0.25) is 5.02 Å². The van der Waals surface area contributed by atoms with E-state index in [0.717, 1.165) is 17.1 Å². The summed E-state index contributed by atoms with van der Waals surface area (Å²) >= 11 is 6.13. The van der Waals surface area contributed by atoms with Gasteiger partial charge in [-0.05, 0) is 13.1 Å². The molecule has 1 rings (SSSR count). The Kier molecular flexibility index (Phi) is 6.42. The van der Waals surface area contributed by atoms with Crippen LogP contribution < -0.4 is 5.32 Å². The lowest BCUT2D eigenvalue weighted by Crippen LogP contribution is -2.21. The number of halogens is 1. The molecular formula is C12H18ClNO2. The first-order chi connectivity index (χ1) is 7.79. The molecular weight excluding hydrogens is 226 g/mol. The quantitative estimate of drug-likeness (QED) is 0.746. The van der Waals surface area contributed by atoms with E-state index in [4.69, 9.17) is 21.1 Å². The van der Waals surface area contributed by atoms with Crippen LogP contribution >= 0.6 is 11.6 Å². The summed E-state index contributed by atoms with van der Waals surface area (Å²) in [6.07, 6.45) is -0.0335. The zero-order valence-corrected chi connectivity index (χ0v) is 10.5. The predicted octanol–water partition coefficient (Wildman–Crippen LogP) is 2.26. The van der Waals surface area contributed by atoms with Crippen molar-refractivity contribution in [3.05, 3.63) is 34.9 Å². The molecule has 0 aliphatic rings. The number of rotatable bonds is 7. The minimum absolute atomic E-state index is 0.0335. The number of methoxy groups -OCH3 is 1. The van der Waals surface area contributed by atoms with Crippen molar-refractivity contribution < 1.29 is 9.47 Å². The van der Waals surface area contributed by atoms with Gasteiger partial charge in [-0.3, -0.25) is 0 Å². The van der Waals surface area contributed by atoms with Crippen molar-refractivity contribution in [3.63, 3.8) is 0 Å². The van der Waals surface area contributed by atoms with E-state index in [1.54, 1.807) is 7.11 Å². The van der Waals surface area contributed by atoms with Crippen LogP contribution in [0.3, 0.4) is 0 Å². The van der Waals surface area contributed by atoms with E-state index in [2.05, 4.69) is 5.32 Å². The average molecular weight is 244 g/mol. The fourth-order valence-electron chi connectivity index (χ4n) is 1.45. The summed E-state index contributed by atoms with van der Waals surface area (Å²) in [4.78, 5) is 0. The topological polar surface area (TPSA) is 30.5 Å². The molecule has 1 aromatic rings. The summed E-state index contributed by atoms with van der Waals surface area (Å²) in [6.45, 7) is 1.88. The Balaban J connectivity index is 2.65. The van der Waals surface area contributed by atoms with Gasteiger partial charge in [-0.25, -0.2) is 0 Å². The van der Waals surface area contributed by atoms with Crippen molar-refractivity contribution in [1.29, 1.82) is 0 Å². The molecule has 4 heteroatoms. The van der Waals surface area contributed by atoms with Gasteiger partial charge in [-0.1, -0.05) is 29.8 Å². The third kappa shape index (κ3) is 4.10. The molecule has 0 heterocycles. The van der Waals surface area contributed by atoms with E-state index < -0.39 is 0 Å². The van der Waals surface area contributed by atoms with Crippen LogP contribution in [0.25, 0.3) is 0 Å². The monoisotopic (exact) mass is 243 g/mol. The normalized spacial score (nSPS) is 12.7. The number of benzene rings is 1. The molecule has 1 aromatic carbocycles. The second-order valence-electron chi connectivity index (χ2n) is 3.43. The van der Waals surface area contributed by atoms with Gasteiger partial charge in [0, 0.05) is 24.2 Å². The molecule has 0 saturated heterocycles. The number of hydrogen-bond donors (Lipinski definition) is 1. The van der Waals surface area contributed by atoms with E-state index >= 15 is 0 Å². The molecule has 1 N–H and O–H groups in total. The summed E-state index contributed by atoms with van der Waals surface area (Å²) in [5.74, 6) is 0. The molecule has 0 fully saturated rings. The molecule has 0 amide bonds. The first-order valence-electron chi connectivity index (χ1n) is 5.29. The van der Waals surface area contributed by atoms with Crippen molar-refractivity contribution in [2.75, 3.05) is 33.9 Å². The Morgan fingerprint density at radius 2 is 2.06 bits per heavy atom. The summed E-state index contributed by atoms with van der Waals surface area (Å²) in [6, 6.07) is 7.73. The highest BCUT2D eigenvalue weighted by molar-refractivity contribution is 6.31. The molecule has 3 nitrogen and oxygen atoms in total. The van der Waals surface area contributed by atoms with E-state index in [1.807, 2.05) is 31.3 Å². The largest absolute Gasteiger partial charge is 0.382 e. The Hall–Kier alpha value is -0.610. The minimum Gasteiger partial charge on any atom is -0.382 e. The molecule has 0 aliphatic heterocycles. The van der Waals surface area contributed by atoms with E-state index in [0.29, 0.717) is 13.2 Å². The maximum absolute atomic E-state index is 6.13. The summed E-state index contributed by atoms with van der Waals surface area (Å²) in [5.41, 5.74) is 1.01. The Morgan fingerprint density at radius 3 is 2.69 bits per heavy atom. The lowest BCUT2D eigenvalue weighted by atomic mass is 10.1.